The SMILES string of the molecule is Cc1cccc(NC2(C#N)CCCC(C)CC2)c1. The number of nitrogens with zero attached hydrogens (tertiary/aromatic N) is 1. The van der Waals surface area contributed by atoms with E-state index >= 15 is 0 Å². The van der Waals surface area contributed by atoms with Gasteiger partial charge in [0.15, 0.2) is 0 Å². The molecule has 18 heavy (non-hydrogen) atoms. The van der Waals surface area contributed by atoms with Crippen molar-refractivity contribution in [2.24, 2.45) is 5.92 Å². The molecule has 1 fully saturated rings. The van der Waals surface area contributed by atoms with Gasteiger partial charge in [-0.2, -0.15) is 5.26 Å². The summed E-state index contributed by atoms with van der Waals surface area (Å²) in [5, 5.41) is 13.1. The molecule has 2 heteroatoms. The second-order valence-corrected chi connectivity index (χ2v) is 5.72. The zero-order valence-electron chi connectivity index (χ0n) is 11.4. The number of nitriles is 1. The van der Waals surface area contributed by atoms with Crippen LogP contribution in [0.5, 0.6) is 0 Å². The Bertz CT molecular complexity index is 447. The fraction of sp³-hybridized carbons (Fsp3) is 0.562. The number of hydrogen-bond donors (Lipinski definition) is 1. The van der Waals surface area contributed by atoms with E-state index in [1.54, 1.807) is 0 Å². The molecule has 0 heterocycles. The third-order valence-electron chi connectivity index (χ3n) is 3.98. The molecule has 1 saturated carbocycles. The first-order valence-corrected chi connectivity index (χ1v) is 6.90. The molecule has 0 radical (unpaired) electrons. The van der Waals surface area contributed by atoms with Crippen molar-refractivity contribution in [1.29, 1.82) is 5.26 Å². The minimum atomic E-state index is -0.363. The van der Waals surface area contributed by atoms with Gasteiger partial charge in [-0.1, -0.05) is 25.5 Å². The molecule has 2 unspecified atom stereocenters. The Balaban J connectivity index is 2.15. The summed E-state index contributed by atoms with van der Waals surface area (Å²) in [6.45, 7) is 4.37. The molecule has 2 atom stereocenters. The van der Waals surface area contributed by atoms with E-state index in [9.17, 15) is 5.26 Å². The first-order valence-electron chi connectivity index (χ1n) is 6.90. The fourth-order valence-corrected chi connectivity index (χ4v) is 2.78. The molecule has 1 aromatic rings. The van der Waals surface area contributed by atoms with E-state index < -0.39 is 0 Å². The van der Waals surface area contributed by atoms with E-state index in [2.05, 4.69) is 43.4 Å². The maximum absolute atomic E-state index is 9.57. The Morgan fingerprint density at radius 2 is 2.17 bits per heavy atom. The monoisotopic (exact) mass is 242 g/mol. The average Bonchev–Trinajstić information content (AvgIpc) is 2.53. The molecule has 2 rings (SSSR count). The highest BCUT2D eigenvalue weighted by Crippen LogP contribution is 2.32. The smallest absolute Gasteiger partial charge is 0.125 e. The van der Waals surface area contributed by atoms with Gasteiger partial charge in [-0.05, 0) is 56.2 Å². The van der Waals surface area contributed by atoms with Crippen molar-refractivity contribution >= 4 is 5.69 Å². The van der Waals surface area contributed by atoms with Crippen LogP contribution in [0, 0.1) is 24.2 Å². The minimum absolute atomic E-state index is 0.363. The lowest BCUT2D eigenvalue weighted by molar-refractivity contribution is 0.479. The Kier molecular flexibility index (Phi) is 3.91. The minimum Gasteiger partial charge on any atom is -0.367 e. The number of aryl methyl sites for hydroxylation is 1. The van der Waals surface area contributed by atoms with Gasteiger partial charge < -0.3 is 5.32 Å². The molecule has 1 aliphatic carbocycles. The molecule has 2 nitrogen and oxygen atoms in total. The van der Waals surface area contributed by atoms with Crippen molar-refractivity contribution in [3.63, 3.8) is 0 Å². The third kappa shape index (κ3) is 3.04. The molecule has 0 saturated heterocycles. The van der Waals surface area contributed by atoms with Gasteiger partial charge in [-0.3, -0.25) is 0 Å². The summed E-state index contributed by atoms with van der Waals surface area (Å²) in [6, 6.07) is 10.8. The molecule has 1 N–H and O–H groups in total. The number of hydrogen-bond acceptors (Lipinski definition) is 2. The van der Waals surface area contributed by atoms with Crippen LogP contribution in [0.4, 0.5) is 5.69 Å². The van der Waals surface area contributed by atoms with Crippen LogP contribution in [0.25, 0.3) is 0 Å². The molecular formula is C16H22N2. The normalized spacial score (nSPS) is 28.2. The van der Waals surface area contributed by atoms with Crippen molar-refractivity contribution in [2.75, 3.05) is 5.32 Å². The van der Waals surface area contributed by atoms with Crippen molar-refractivity contribution in [3.8, 4) is 6.07 Å². The summed E-state index contributed by atoms with van der Waals surface area (Å²) in [7, 11) is 0. The standard InChI is InChI=1S/C16H22N2/c1-13-6-4-9-16(12-17,10-8-13)18-15-7-3-5-14(2)11-15/h3,5,7,11,13,18H,4,6,8-10H2,1-2H3. The first-order chi connectivity index (χ1) is 8.63. The highest BCUT2D eigenvalue weighted by Gasteiger charge is 2.32. The maximum Gasteiger partial charge on any atom is 0.125 e. The van der Waals surface area contributed by atoms with E-state index in [1.165, 1.54) is 12.0 Å². The van der Waals surface area contributed by atoms with E-state index in [0.29, 0.717) is 0 Å². The number of anilines is 1. The molecule has 0 aliphatic heterocycles. The van der Waals surface area contributed by atoms with Crippen molar-refractivity contribution in [1.82, 2.24) is 0 Å². The van der Waals surface area contributed by atoms with Crippen molar-refractivity contribution < 1.29 is 0 Å². The molecule has 0 spiro atoms. The number of nitrogens with one attached hydrogen (secondary N) is 1. The topological polar surface area (TPSA) is 35.8 Å². The molecule has 0 aromatic heterocycles. The number of rotatable bonds is 2. The fourth-order valence-electron chi connectivity index (χ4n) is 2.78. The molecule has 96 valence electrons. The zero-order valence-corrected chi connectivity index (χ0v) is 11.4. The predicted octanol–water partition coefficient (Wildman–Crippen LogP) is 4.27. The maximum atomic E-state index is 9.57. The Hall–Kier alpha value is -1.49. The van der Waals surface area contributed by atoms with E-state index in [4.69, 9.17) is 0 Å². The van der Waals surface area contributed by atoms with Gasteiger partial charge in [-0.15, -0.1) is 0 Å². The van der Waals surface area contributed by atoms with Crippen LogP contribution in [0.3, 0.4) is 0 Å². The number of benzene rings is 1. The lowest BCUT2D eigenvalue weighted by Crippen LogP contribution is -2.36. The molecule has 1 aromatic carbocycles. The van der Waals surface area contributed by atoms with Gasteiger partial charge in [0.1, 0.15) is 5.54 Å². The summed E-state index contributed by atoms with van der Waals surface area (Å²) >= 11 is 0. The largest absolute Gasteiger partial charge is 0.367 e. The summed E-state index contributed by atoms with van der Waals surface area (Å²) in [5.41, 5.74) is 1.94. The molecule has 0 amide bonds. The van der Waals surface area contributed by atoms with Crippen LogP contribution in [0.2, 0.25) is 0 Å². The zero-order chi connectivity index (χ0) is 13.0. The molecule has 0 bridgehead atoms. The highest BCUT2D eigenvalue weighted by atomic mass is 15.0. The van der Waals surface area contributed by atoms with Crippen LogP contribution >= 0.6 is 0 Å². The lowest BCUT2D eigenvalue weighted by atomic mass is 9.91. The van der Waals surface area contributed by atoms with Gasteiger partial charge in [0.25, 0.3) is 0 Å². The molecular weight excluding hydrogens is 220 g/mol. The summed E-state index contributed by atoms with van der Waals surface area (Å²) in [4.78, 5) is 0. The van der Waals surface area contributed by atoms with Crippen molar-refractivity contribution in [3.05, 3.63) is 29.8 Å². The Morgan fingerprint density at radius 3 is 2.89 bits per heavy atom. The van der Waals surface area contributed by atoms with Crippen LogP contribution < -0.4 is 5.32 Å². The van der Waals surface area contributed by atoms with Gasteiger partial charge in [-0.25, -0.2) is 0 Å². The van der Waals surface area contributed by atoms with Gasteiger partial charge in [0.05, 0.1) is 6.07 Å². The summed E-state index contributed by atoms with van der Waals surface area (Å²) in [5.74, 6) is 0.750. The lowest BCUT2D eigenvalue weighted by Gasteiger charge is -2.27. The molecule has 1 aliphatic rings. The first kappa shape index (κ1) is 13.0. The summed E-state index contributed by atoms with van der Waals surface area (Å²) in [6.07, 6.45) is 5.46. The van der Waals surface area contributed by atoms with E-state index in [1.807, 2.05) is 6.07 Å². The van der Waals surface area contributed by atoms with E-state index in [-0.39, 0.29) is 5.54 Å². The predicted molar refractivity (Wildman–Crippen MR) is 75.4 cm³/mol. The van der Waals surface area contributed by atoms with Crippen LogP contribution in [0.15, 0.2) is 24.3 Å². The Labute approximate surface area is 110 Å². The average molecular weight is 242 g/mol. The van der Waals surface area contributed by atoms with Gasteiger partial charge in [0.2, 0.25) is 0 Å². The second-order valence-electron chi connectivity index (χ2n) is 5.72. The second kappa shape index (κ2) is 5.44. The highest BCUT2D eigenvalue weighted by molar-refractivity contribution is 5.49. The van der Waals surface area contributed by atoms with Gasteiger partial charge in [0, 0.05) is 5.69 Å². The van der Waals surface area contributed by atoms with Gasteiger partial charge >= 0.3 is 0 Å². The van der Waals surface area contributed by atoms with Crippen LogP contribution in [-0.4, -0.2) is 5.54 Å². The van der Waals surface area contributed by atoms with Crippen LogP contribution in [-0.2, 0) is 0 Å². The third-order valence-corrected chi connectivity index (χ3v) is 3.98. The van der Waals surface area contributed by atoms with E-state index in [0.717, 1.165) is 37.3 Å². The van der Waals surface area contributed by atoms with Crippen LogP contribution in [0.1, 0.15) is 44.6 Å². The quantitative estimate of drug-likeness (QED) is 0.786. The summed E-state index contributed by atoms with van der Waals surface area (Å²) < 4.78 is 0. The Morgan fingerprint density at radius 1 is 1.33 bits per heavy atom. The van der Waals surface area contributed by atoms with Crippen molar-refractivity contribution in [2.45, 2.75) is 51.5 Å².